The molecule has 2 nitrogen and oxygen atoms in total. The van der Waals surface area contributed by atoms with Crippen LogP contribution in [0.25, 0.3) is 10.1 Å². The number of nitrogens with two attached hydrogens (primary N) is 1. The van der Waals surface area contributed by atoms with Crippen LogP contribution in [-0.4, -0.2) is 5.60 Å². The molecule has 0 saturated heterocycles. The van der Waals surface area contributed by atoms with E-state index in [1.54, 1.807) is 17.4 Å². The van der Waals surface area contributed by atoms with Crippen LogP contribution in [0.1, 0.15) is 37.6 Å². The van der Waals surface area contributed by atoms with Crippen molar-refractivity contribution in [1.29, 1.82) is 0 Å². The van der Waals surface area contributed by atoms with E-state index in [0.29, 0.717) is 18.5 Å². The molecule has 1 aromatic heterocycles. The first-order valence-electron chi connectivity index (χ1n) is 6.51. The van der Waals surface area contributed by atoms with E-state index in [2.05, 4.69) is 6.92 Å². The van der Waals surface area contributed by atoms with Gasteiger partial charge in [0.05, 0.1) is 12.2 Å². The van der Waals surface area contributed by atoms with Gasteiger partial charge in [-0.15, -0.1) is 11.3 Å². The van der Waals surface area contributed by atoms with Crippen molar-refractivity contribution in [3.05, 3.63) is 34.5 Å². The summed E-state index contributed by atoms with van der Waals surface area (Å²) in [6.45, 7) is 6.99. The van der Waals surface area contributed by atoms with Crippen LogP contribution < -0.4 is 5.73 Å². The van der Waals surface area contributed by atoms with Crippen molar-refractivity contribution in [2.45, 2.75) is 45.9 Å². The van der Waals surface area contributed by atoms with Gasteiger partial charge in [0.1, 0.15) is 5.82 Å². The Morgan fingerprint density at radius 2 is 2.11 bits per heavy atom. The van der Waals surface area contributed by atoms with Crippen LogP contribution in [0.3, 0.4) is 0 Å². The summed E-state index contributed by atoms with van der Waals surface area (Å²) < 4.78 is 20.9. The van der Waals surface area contributed by atoms with E-state index < -0.39 is 0 Å². The zero-order chi connectivity index (χ0) is 14.0. The Morgan fingerprint density at radius 3 is 2.74 bits per heavy atom. The zero-order valence-corrected chi connectivity index (χ0v) is 12.4. The summed E-state index contributed by atoms with van der Waals surface area (Å²) in [5.41, 5.74) is 6.47. The predicted octanol–water partition coefficient (Wildman–Crippen LogP) is 4.20. The molecule has 1 heterocycles. The maximum atomic E-state index is 14.0. The van der Waals surface area contributed by atoms with Gasteiger partial charge in [0.25, 0.3) is 0 Å². The summed E-state index contributed by atoms with van der Waals surface area (Å²) in [4.78, 5) is 1.01. The van der Waals surface area contributed by atoms with Crippen LogP contribution in [0.2, 0.25) is 0 Å². The average Bonchev–Trinajstić information content (AvgIpc) is 2.76. The summed E-state index contributed by atoms with van der Waals surface area (Å²) in [5, 5.41) is 0.667. The van der Waals surface area contributed by atoms with Gasteiger partial charge in [-0.25, -0.2) is 4.39 Å². The van der Waals surface area contributed by atoms with Gasteiger partial charge in [0.2, 0.25) is 0 Å². The Kier molecular flexibility index (Phi) is 4.23. The monoisotopic (exact) mass is 281 g/mol. The molecule has 104 valence electrons. The smallest absolute Gasteiger partial charge is 0.132 e. The van der Waals surface area contributed by atoms with Crippen molar-refractivity contribution >= 4 is 21.4 Å². The quantitative estimate of drug-likeness (QED) is 0.891. The number of hydrogen-bond acceptors (Lipinski definition) is 3. The number of halogens is 1. The van der Waals surface area contributed by atoms with Gasteiger partial charge in [-0.1, -0.05) is 13.0 Å². The predicted molar refractivity (Wildman–Crippen MR) is 78.8 cm³/mol. The maximum Gasteiger partial charge on any atom is 0.132 e. The molecular weight excluding hydrogens is 261 g/mol. The van der Waals surface area contributed by atoms with Crippen molar-refractivity contribution in [2.75, 3.05) is 0 Å². The number of rotatable bonds is 5. The van der Waals surface area contributed by atoms with E-state index in [0.717, 1.165) is 21.6 Å². The molecule has 2 aromatic rings. The molecule has 0 atom stereocenters. The largest absolute Gasteiger partial charge is 0.371 e. The van der Waals surface area contributed by atoms with Gasteiger partial charge in [0.15, 0.2) is 0 Å². The van der Waals surface area contributed by atoms with Crippen molar-refractivity contribution in [3.8, 4) is 0 Å². The highest BCUT2D eigenvalue weighted by Gasteiger charge is 2.19. The van der Waals surface area contributed by atoms with E-state index >= 15 is 0 Å². The Hall–Kier alpha value is -0.970. The van der Waals surface area contributed by atoms with Crippen molar-refractivity contribution in [2.24, 2.45) is 5.73 Å². The lowest BCUT2D eigenvalue weighted by molar-refractivity contribution is -0.0313. The Labute approximate surface area is 117 Å². The second-order valence-electron chi connectivity index (χ2n) is 5.22. The molecule has 0 aliphatic heterocycles. The maximum absolute atomic E-state index is 14.0. The van der Waals surface area contributed by atoms with Gasteiger partial charge in [-0.3, -0.25) is 0 Å². The fraction of sp³-hybridized carbons (Fsp3) is 0.467. The Morgan fingerprint density at radius 1 is 1.37 bits per heavy atom. The van der Waals surface area contributed by atoms with Gasteiger partial charge >= 0.3 is 0 Å². The van der Waals surface area contributed by atoms with Crippen molar-refractivity contribution in [1.82, 2.24) is 0 Å². The van der Waals surface area contributed by atoms with Crippen LogP contribution in [0, 0.1) is 5.82 Å². The molecule has 0 amide bonds. The highest BCUT2D eigenvalue weighted by molar-refractivity contribution is 7.19. The highest BCUT2D eigenvalue weighted by atomic mass is 32.1. The number of fused-ring (bicyclic) bond motifs is 1. The molecule has 2 rings (SSSR count). The van der Waals surface area contributed by atoms with Crippen LogP contribution >= 0.6 is 11.3 Å². The summed E-state index contributed by atoms with van der Waals surface area (Å²) in [5.74, 6) is -0.193. The topological polar surface area (TPSA) is 35.2 Å². The lowest BCUT2D eigenvalue weighted by Gasteiger charge is -2.23. The van der Waals surface area contributed by atoms with E-state index in [-0.39, 0.29) is 11.4 Å². The second kappa shape index (κ2) is 5.57. The zero-order valence-electron chi connectivity index (χ0n) is 11.6. The van der Waals surface area contributed by atoms with Crippen LogP contribution in [0.15, 0.2) is 18.2 Å². The minimum atomic E-state index is -0.203. The Bertz CT molecular complexity index is 577. The molecule has 0 aliphatic rings. The summed E-state index contributed by atoms with van der Waals surface area (Å²) in [7, 11) is 0. The van der Waals surface area contributed by atoms with E-state index in [4.69, 9.17) is 10.5 Å². The number of hydrogen-bond donors (Lipinski definition) is 1. The van der Waals surface area contributed by atoms with Crippen LogP contribution in [-0.2, 0) is 17.9 Å². The molecule has 0 radical (unpaired) electrons. The molecular formula is C15H20FNOS. The first kappa shape index (κ1) is 14.4. The van der Waals surface area contributed by atoms with Crippen molar-refractivity contribution in [3.63, 3.8) is 0 Å². The number of ether oxygens (including phenoxy) is 1. The number of thiophene rings is 1. The fourth-order valence-corrected chi connectivity index (χ4v) is 3.01. The van der Waals surface area contributed by atoms with Crippen LogP contribution in [0.5, 0.6) is 0 Å². The average molecular weight is 281 g/mol. The molecule has 0 unspecified atom stereocenters. The van der Waals surface area contributed by atoms with Gasteiger partial charge in [-0.2, -0.15) is 0 Å². The van der Waals surface area contributed by atoms with Gasteiger partial charge < -0.3 is 10.5 Å². The summed E-state index contributed by atoms with van der Waals surface area (Å²) in [6, 6.07) is 5.15. The molecule has 19 heavy (non-hydrogen) atoms. The normalized spacial score (nSPS) is 12.3. The van der Waals surface area contributed by atoms with E-state index in [1.807, 2.05) is 19.9 Å². The van der Waals surface area contributed by atoms with E-state index in [1.165, 1.54) is 6.07 Å². The third-order valence-electron chi connectivity index (χ3n) is 3.49. The third kappa shape index (κ3) is 2.96. The fourth-order valence-electron chi connectivity index (χ4n) is 1.90. The first-order chi connectivity index (χ1) is 8.98. The lowest BCUT2D eigenvalue weighted by atomic mass is 10.1. The summed E-state index contributed by atoms with van der Waals surface area (Å²) in [6.07, 6.45) is 0.912. The van der Waals surface area contributed by atoms with Crippen molar-refractivity contribution < 1.29 is 9.13 Å². The molecule has 0 aliphatic carbocycles. The standard InChI is InChI=1S/C15H20FNOS/c1-4-15(2,3)18-9-10-13(8-17)19-12-7-5-6-11(16)14(10)12/h5-7H,4,8-9,17H2,1-3H3. The second-order valence-corrected chi connectivity index (χ2v) is 6.36. The summed E-state index contributed by atoms with van der Waals surface area (Å²) >= 11 is 1.55. The molecule has 0 fully saturated rings. The lowest BCUT2D eigenvalue weighted by Crippen LogP contribution is -2.23. The van der Waals surface area contributed by atoms with Gasteiger partial charge in [-0.05, 0) is 32.4 Å². The van der Waals surface area contributed by atoms with Crippen LogP contribution in [0.4, 0.5) is 4.39 Å². The molecule has 0 bridgehead atoms. The molecule has 0 spiro atoms. The molecule has 4 heteroatoms. The third-order valence-corrected chi connectivity index (χ3v) is 4.71. The number of benzene rings is 1. The minimum absolute atomic E-state index is 0.193. The molecule has 1 aromatic carbocycles. The molecule has 2 N–H and O–H groups in total. The Balaban J connectivity index is 2.40. The van der Waals surface area contributed by atoms with Gasteiger partial charge in [0, 0.05) is 27.1 Å². The van der Waals surface area contributed by atoms with E-state index in [9.17, 15) is 4.39 Å². The minimum Gasteiger partial charge on any atom is -0.371 e. The SMILES string of the molecule is CCC(C)(C)OCc1c(CN)sc2cccc(F)c12. The molecule has 0 saturated carbocycles. The highest BCUT2D eigenvalue weighted by Crippen LogP contribution is 2.34. The first-order valence-corrected chi connectivity index (χ1v) is 7.33.